The standard InChI is InChI=1S/C25H26O6/c1-13(2)5-7-17-23(29)21-20(30-24(17)15-8-6-14(26)11-18(15)27)12-19-16(22(21)28)9-10-25(3,4)31-19/h5-6,8,11-12,26-28H,7,9-10H2,1-4H3. The van der Waals surface area contributed by atoms with Gasteiger partial charge in [0, 0.05) is 23.3 Å². The molecule has 31 heavy (non-hydrogen) atoms. The fourth-order valence-corrected chi connectivity index (χ4v) is 3.92. The number of aromatic hydroxyl groups is 3. The number of phenolic OH excluding ortho intramolecular Hbond substituents is 3. The normalized spacial score (nSPS) is 14.7. The van der Waals surface area contributed by atoms with Crippen molar-refractivity contribution in [3.8, 4) is 34.3 Å². The van der Waals surface area contributed by atoms with E-state index < -0.39 is 5.60 Å². The van der Waals surface area contributed by atoms with Gasteiger partial charge in [-0.3, -0.25) is 4.79 Å². The molecule has 0 aliphatic carbocycles. The van der Waals surface area contributed by atoms with Crippen LogP contribution in [0.1, 0.15) is 45.2 Å². The molecule has 0 amide bonds. The first-order chi connectivity index (χ1) is 14.6. The second-order valence-electron chi connectivity index (χ2n) is 8.86. The van der Waals surface area contributed by atoms with Gasteiger partial charge in [0.15, 0.2) is 0 Å². The van der Waals surface area contributed by atoms with Gasteiger partial charge in [0.05, 0.1) is 5.56 Å². The van der Waals surface area contributed by atoms with E-state index >= 15 is 0 Å². The Balaban J connectivity index is 2.05. The van der Waals surface area contributed by atoms with Gasteiger partial charge >= 0.3 is 0 Å². The van der Waals surface area contributed by atoms with E-state index in [1.165, 1.54) is 18.2 Å². The molecule has 0 saturated carbocycles. The molecule has 0 unspecified atom stereocenters. The molecule has 1 aliphatic rings. The second kappa shape index (κ2) is 7.38. The number of ether oxygens (including phenoxy) is 1. The third kappa shape index (κ3) is 3.74. The average Bonchev–Trinajstić information content (AvgIpc) is 2.66. The van der Waals surface area contributed by atoms with E-state index in [4.69, 9.17) is 9.15 Å². The first kappa shape index (κ1) is 20.8. The van der Waals surface area contributed by atoms with E-state index in [9.17, 15) is 20.1 Å². The van der Waals surface area contributed by atoms with E-state index in [0.717, 1.165) is 5.57 Å². The highest BCUT2D eigenvalue weighted by Crippen LogP contribution is 2.43. The van der Waals surface area contributed by atoms with Gasteiger partial charge in [-0.15, -0.1) is 0 Å². The van der Waals surface area contributed by atoms with E-state index in [1.807, 2.05) is 33.8 Å². The molecule has 162 valence electrons. The summed E-state index contributed by atoms with van der Waals surface area (Å²) in [7, 11) is 0. The SMILES string of the molecule is CC(C)=CCc1c(-c2ccc(O)cc2O)oc2cc3c(c(O)c2c1=O)CCC(C)(C)O3. The van der Waals surface area contributed by atoms with Gasteiger partial charge in [0.25, 0.3) is 0 Å². The molecule has 1 aliphatic heterocycles. The molecule has 2 aromatic carbocycles. The van der Waals surface area contributed by atoms with Crippen LogP contribution in [0.2, 0.25) is 0 Å². The van der Waals surface area contributed by atoms with Crippen LogP contribution in [0, 0.1) is 0 Å². The molecule has 0 bridgehead atoms. The fraction of sp³-hybridized carbons (Fsp3) is 0.320. The molecule has 0 fully saturated rings. The van der Waals surface area contributed by atoms with Crippen molar-refractivity contribution in [2.24, 2.45) is 0 Å². The third-order valence-corrected chi connectivity index (χ3v) is 5.62. The van der Waals surface area contributed by atoms with E-state index in [-0.39, 0.29) is 51.4 Å². The summed E-state index contributed by atoms with van der Waals surface area (Å²) in [4.78, 5) is 13.5. The summed E-state index contributed by atoms with van der Waals surface area (Å²) in [5.41, 5.74) is 1.66. The van der Waals surface area contributed by atoms with Crippen LogP contribution in [0.25, 0.3) is 22.3 Å². The van der Waals surface area contributed by atoms with Crippen molar-refractivity contribution in [3.63, 3.8) is 0 Å². The summed E-state index contributed by atoms with van der Waals surface area (Å²) in [6.07, 6.45) is 3.47. The predicted molar refractivity (Wildman–Crippen MR) is 119 cm³/mol. The van der Waals surface area contributed by atoms with Crippen molar-refractivity contribution < 1.29 is 24.5 Å². The lowest BCUT2D eigenvalue weighted by molar-refractivity contribution is 0.0839. The molecule has 6 nitrogen and oxygen atoms in total. The molecular formula is C25H26O6. The van der Waals surface area contributed by atoms with Crippen molar-refractivity contribution >= 4 is 11.0 Å². The van der Waals surface area contributed by atoms with Crippen molar-refractivity contribution in [1.29, 1.82) is 0 Å². The number of benzene rings is 2. The highest BCUT2D eigenvalue weighted by atomic mass is 16.5. The summed E-state index contributed by atoms with van der Waals surface area (Å²) in [6.45, 7) is 7.78. The summed E-state index contributed by atoms with van der Waals surface area (Å²) in [5, 5.41) is 31.2. The largest absolute Gasteiger partial charge is 0.508 e. The number of hydrogen-bond acceptors (Lipinski definition) is 6. The monoisotopic (exact) mass is 422 g/mol. The third-order valence-electron chi connectivity index (χ3n) is 5.62. The Hall–Kier alpha value is -3.41. The predicted octanol–water partition coefficient (Wildman–Crippen LogP) is 5.19. The average molecular weight is 422 g/mol. The van der Waals surface area contributed by atoms with E-state index in [1.54, 1.807) is 6.07 Å². The number of rotatable bonds is 3. The highest BCUT2D eigenvalue weighted by molar-refractivity contribution is 5.89. The summed E-state index contributed by atoms with van der Waals surface area (Å²) < 4.78 is 12.1. The van der Waals surface area contributed by atoms with Gasteiger partial charge in [0.2, 0.25) is 5.43 Å². The lowest BCUT2D eigenvalue weighted by Gasteiger charge is -2.33. The highest BCUT2D eigenvalue weighted by Gasteiger charge is 2.31. The zero-order valence-corrected chi connectivity index (χ0v) is 18.1. The Bertz CT molecular complexity index is 1280. The molecule has 4 rings (SSSR count). The van der Waals surface area contributed by atoms with Gasteiger partial charge < -0.3 is 24.5 Å². The smallest absolute Gasteiger partial charge is 0.200 e. The molecule has 0 atom stereocenters. The van der Waals surface area contributed by atoms with Gasteiger partial charge in [0.1, 0.15) is 45.3 Å². The van der Waals surface area contributed by atoms with Crippen LogP contribution in [0.5, 0.6) is 23.0 Å². The van der Waals surface area contributed by atoms with Crippen LogP contribution >= 0.6 is 0 Å². The van der Waals surface area contributed by atoms with E-state index in [0.29, 0.717) is 29.7 Å². The number of phenols is 3. The maximum absolute atomic E-state index is 13.5. The molecule has 3 aromatic rings. The minimum absolute atomic E-state index is 0.0995. The zero-order chi connectivity index (χ0) is 22.5. The van der Waals surface area contributed by atoms with Crippen LogP contribution in [-0.2, 0) is 12.8 Å². The number of fused-ring (bicyclic) bond motifs is 2. The molecule has 0 spiro atoms. The zero-order valence-electron chi connectivity index (χ0n) is 18.1. The first-order valence-electron chi connectivity index (χ1n) is 10.3. The lowest BCUT2D eigenvalue weighted by atomic mass is 9.92. The number of hydrogen-bond donors (Lipinski definition) is 3. The van der Waals surface area contributed by atoms with Crippen molar-refractivity contribution in [3.05, 3.63) is 57.3 Å². The molecule has 6 heteroatoms. The van der Waals surface area contributed by atoms with Crippen LogP contribution in [-0.4, -0.2) is 20.9 Å². The topological polar surface area (TPSA) is 100 Å². The Morgan fingerprint density at radius 3 is 2.58 bits per heavy atom. The molecule has 1 aromatic heterocycles. The molecular weight excluding hydrogens is 396 g/mol. The Morgan fingerprint density at radius 2 is 1.90 bits per heavy atom. The van der Waals surface area contributed by atoms with Crippen LogP contribution in [0.15, 0.2) is 45.1 Å². The molecule has 2 heterocycles. The minimum Gasteiger partial charge on any atom is -0.508 e. The number of allylic oxidation sites excluding steroid dienone is 2. The first-order valence-corrected chi connectivity index (χ1v) is 10.3. The summed E-state index contributed by atoms with van der Waals surface area (Å²) in [6, 6.07) is 5.75. The maximum Gasteiger partial charge on any atom is 0.200 e. The Morgan fingerprint density at radius 1 is 1.16 bits per heavy atom. The van der Waals surface area contributed by atoms with Crippen molar-refractivity contribution in [2.45, 2.75) is 52.6 Å². The van der Waals surface area contributed by atoms with Crippen LogP contribution in [0.3, 0.4) is 0 Å². The lowest BCUT2D eigenvalue weighted by Crippen LogP contribution is -2.32. The van der Waals surface area contributed by atoms with Gasteiger partial charge in [-0.2, -0.15) is 0 Å². The van der Waals surface area contributed by atoms with Crippen LogP contribution in [0.4, 0.5) is 0 Å². The summed E-state index contributed by atoms with van der Waals surface area (Å²) in [5.74, 6) is 0.263. The Kier molecular flexibility index (Phi) is 4.96. The van der Waals surface area contributed by atoms with Gasteiger partial charge in [-0.1, -0.05) is 11.6 Å². The van der Waals surface area contributed by atoms with E-state index in [2.05, 4.69) is 0 Å². The summed E-state index contributed by atoms with van der Waals surface area (Å²) >= 11 is 0. The van der Waals surface area contributed by atoms with Gasteiger partial charge in [-0.05, 0) is 59.1 Å². The van der Waals surface area contributed by atoms with Crippen LogP contribution < -0.4 is 10.2 Å². The molecule has 0 radical (unpaired) electrons. The Labute approximate surface area is 180 Å². The van der Waals surface area contributed by atoms with Crippen molar-refractivity contribution in [1.82, 2.24) is 0 Å². The van der Waals surface area contributed by atoms with Crippen molar-refractivity contribution in [2.75, 3.05) is 0 Å². The maximum atomic E-state index is 13.5. The molecule has 0 saturated heterocycles. The second-order valence-corrected chi connectivity index (χ2v) is 8.86. The fourth-order valence-electron chi connectivity index (χ4n) is 3.92. The minimum atomic E-state index is -0.394. The quantitative estimate of drug-likeness (QED) is 0.502. The van der Waals surface area contributed by atoms with Gasteiger partial charge in [-0.25, -0.2) is 0 Å². The molecule has 3 N–H and O–H groups in total.